The van der Waals surface area contributed by atoms with Crippen molar-refractivity contribution in [3.8, 4) is 5.88 Å². The molecule has 2 rings (SSSR count). The van der Waals surface area contributed by atoms with Gasteiger partial charge in [-0.25, -0.2) is 9.48 Å². The Hall–Kier alpha value is -1.95. The Balaban J connectivity index is 2.21. The summed E-state index contributed by atoms with van der Waals surface area (Å²) in [6.07, 6.45) is 0. The molecule has 2 aromatic rings. The fourth-order valence-electron chi connectivity index (χ4n) is 1.69. The zero-order valence-corrected chi connectivity index (χ0v) is 12.4. The fraction of sp³-hybridized carbons (Fsp3) is 0.286. The summed E-state index contributed by atoms with van der Waals surface area (Å²) in [4.78, 5) is 13.2. The van der Waals surface area contributed by atoms with E-state index < -0.39 is 5.97 Å². The van der Waals surface area contributed by atoms with Gasteiger partial charge in [0.25, 0.3) is 0 Å². The molecule has 0 amide bonds. The van der Waals surface area contributed by atoms with Gasteiger partial charge < -0.3 is 9.47 Å². The number of rotatable bonds is 5. The predicted octanol–water partition coefficient (Wildman–Crippen LogP) is 2.43. The Morgan fingerprint density at radius 2 is 2.05 bits per heavy atom. The van der Waals surface area contributed by atoms with E-state index in [1.165, 1.54) is 7.11 Å². The molecule has 6 heteroatoms. The summed E-state index contributed by atoms with van der Waals surface area (Å²) >= 11 is 1.56. The van der Waals surface area contributed by atoms with E-state index in [0.717, 1.165) is 15.5 Å². The fourth-order valence-corrected chi connectivity index (χ4v) is 2.68. The van der Waals surface area contributed by atoms with Crippen LogP contribution in [0.1, 0.15) is 5.69 Å². The molecule has 0 aliphatic carbocycles. The second-order valence-corrected chi connectivity index (χ2v) is 5.21. The molecular weight excluding hydrogens is 276 g/mol. The van der Waals surface area contributed by atoms with Crippen LogP contribution >= 0.6 is 11.8 Å². The number of hydrogen-bond donors (Lipinski definition) is 0. The number of methoxy groups -OCH3 is 1. The molecule has 0 N–H and O–H groups in total. The highest BCUT2D eigenvalue weighted by Gasteiger charge is 2.17. The number of nitrogens with zero attached hydrogens (tertiary/aromatic N) is 2. The monoisotopic (exact) mass is 292 g/mol. The number of hydrogen-bond acceptors (Lipinski definition) is 5. The molecule has 1 aromatic carbocycles. The molecule has 0 radical (unpaired) electrons. The van der Waals surface area contributed by atoms with Crippen molar-refractivity contribution in [1.82, 2.24) is 9.78 Å². The number of carbonyl (C=O) groups excluding carboxylic acids is 1. The molecule has 0 saturated carbocycles. The average molecular weight is 292 g/mol. The highest BCUT2D eigenvalue weighted by atomic mass is 32.2. The Bertz CT molecular complexity index is 596. The minimum Gasteiger partial charge on any atom is -0.466 e. The smallest absolute Gasteiger partial charge is 0.343 e. The van der Waals surface area contributed by atoms with Gasteiger partial charge in [-0.05, 0) is 19.1 Å². The first kappa shape index (κ1) is 14.5. The summed E-state index contributed by atoms with van der Waals surface area (Å²) in [6, 6.07) is 9.95. The van der Waals surface area contributed by atoms with Gasteiger partial charge >= 0.3 is 5.97 Å². The van der Waals surface area contributed by atoms with Gasteiger partial charge in [-0.1, -0.05) is 30.0 Å². The lowest BCUT2D eigenvalue weighted by Crippen LogP contribution is -2.14. The first-order valence-electron chi connectivity index (χ1n) is 6.08. The molecule has 0 fully saturated rings. The molecule has 1 aromatic heterocycles. The molecule has 106 valence electrons. The molecular formula is C14H16N2O3S. The van der Waals surface area contributed by atoms with Gasteiger partial charge in [0.1, 0.15) is 0 Å². The van der Waals surface area contributed by atoms with Crippen LogP contribution in [0.4, 0.5) is 0 Å². The quantitative estimate of drug-likeness (QED) is 0.792. The molecule has 0 aliphatic heterocycles. The van der Waals surface area contributed by atoms with Crippen molar-refractivity contribution in [2.75, 3.05) is 13.7 Å². The van der Waals surface area contributed by atoms with Crippen LogP contribution in [0.25, 0.3) is 0 Å². The summed E-state index contributed by atoms with van der Waals surface area (Å²) in [5.41, 5.74) is 0.862. The van der Waals surface area contributed by atoms with Gasteiger partial charge in [0, 0.05) is 11.9 Å². The topological polar surface area (TPSA) is 53.4 Å². The molecule has 0 atom stereocenters. The summed E-state index contributed by atoms with van der Waals surface area (Å²) < 4.78 is 11.7. The summed E-state index contributed by atoms with van der Waals surface area (Å²) in [5, 5.41) is 4.33. The molecule has 5 nitrogen and oxygen atoms in total. The van der Waals surface area contributed by atoms with Crippen molar-refractivity contribution in [3.63, 3.8) is 0 Å². The standard InChI is InChI=1S/C14H16N2O3S/c1-10-13(20-11-7-5-4-6-8-11)14(16(2)15-10)19-9-12(17)18-3/h4-8H,9H2,1-3H3. The summed E-state index contributed by atoms with van der Waals surface area (Å²) in [7, 11) is 3.12. The maximum absolute atomic E-state index is 11.2. The van der Waals surface area contributed by atoms with E-state index in [1.807, 2.05) is 37.3 Å². The van der Waals surface area contributed by atoms with Crippen LogP contribution in [0, 0.1) is 6.92 Å². The van der Waals surface area contributed by atoms with Gasteiger partial charge in [-0.15, -0.1) is 0 Å². The van der Waals surface area contributed by atoms with Crippen molar-refractivity contribution in [2.45, 2.75) is 16.7 Å². The van der Waals surface area contributed by atoms with E-state index in [0.29, 0.717) is 5.88 Å². The zero-order chi connectivity index (χ0) is 14.5. The number of aryl methyl sites for hydroxylation is 2. The Morgan fingerprint density at radius 3 is 2.70 bits per heavy atom. The van der Waals surface area contributed by atoms with E-state index in [4.69, 9.17) is 4.74 Å². The first-order chi connectivity index (χ1) is 9.61. The highest BCUT2D eigenvalue weighted by molar-refractivity contribution is 7.99. The number of aromatic nitrogens is 2. The number of carbonyl (C=O) groups is 1. The molecule has 20 heavy (non-hydrogen) atoms. The van der Waals surface area contributed by atoms with Crippen LogP contribution < -0.4 is 4.74 Å². The van der Waals surface area contributed by atoms with Crippen LogP contribution in [0.5, 0.6) is 5.88 Å². The Kier molecular flexibility index (Phi) is 4.68. The SMILES string of the molecule is COC(=O)COc1c(Sc2ccccc2)c(C)nn1C. The van der Waals surface area contributed by atoms with Gasteiger partial charge in [-0.2, -0.15) is 5.10 Å². The largest absolute Gasteiger partial charge is 0.466 e. The van der Waals surface area contributed by atoms with E-state index in [9.17, 15) is 4.79 Å². The van der Waals surface area contributed by atoms with Gasteiger partial charge in [-0.3, -0.25) is 0 Å². The zero-order valence-electron chi connectivity index (χ0n) is 11.6. The minimum atomic E-state index is -0.417. The van der Waals surface area contributed by atoms with Crippen molar-refractivity contribution >= 4 is 17.7 Å². The predicted molar refractivity (Wildman–Crippen MR) is 76.0 cm³/mol. The number of benzene rings is 1. The van der Waals surface area contributed by atoms with Crippen LogP contribution in [0.15, 0.2) is 40.1 Å². The lowest BCUT2D eigenvalue weighted by atomic mass is 10.4. The first-order valence-corrected chi connectivity index (χ1v) is 6.89. The molecule has 0 unspecified atom stereocenters. The third-order valence-electron chi connectivity index (χ3n) is 2.63. The van der Waals surface area contributed by atoms with Crippen molar-refractivity contribution in [3.05, 3.63) is 36.0 Å². The van der Waals surface area contributed by atoms with Crippen LogP contribution in [0.3, 0.4) is 0 Å². The van der Waals surface area contributed by atoms with Crippen LogP contribution in [-0.2, 0) is 16.6 Å². The minimum absolute atomic E-state index is 0.127. The lowest BCUT2D eigenvalue weighted by Gasteiger charge is -2.07. The van der Waals surface area contributed by atoms with Gasteiger partial charge in [0.15, 0.2) is 6.61 Å². The molecule has 0 aliphatic rings. The molecule has 0 bridgehead atoms. The molecule has 1 heterocycles. The lowest BCUT2D eigenvalue weighted by molar-refractivity contribution is -0.143. The van der Waals surface area contributed by atoms with E-state index >= 15 is 0 Å². The van der Waals surface area contributed by atoms with E-state index in [1.54, 1.807) is 23.5 Å². The van der Waals surface area contributed by atoms with Gasteiger partial charge in [0.05, 0.1) is 17.7 Å². The van der Waals surface area contributed by atoms with Crippen molar-refractivity contribution in [2.24, 2.45) is 7.05 Å². The van der Waals surface area contributed by atoms with E-state index in [-0.39, 0.29) is 6.61 Å². The van der Waals surface area contributed by atoms with Gasteiger partial charge in [0.2, 0.25) is 5.88 Å². The normalized spacial score (nSPS) is 10.3. The second kappa shape index (κ2) is 6.47. The van der Waals surface area contributed by atoms with Crippen LogP contribution in [0.2, 0.25) is 0 Å². The number of ether oxygens (including phenoxy) is 2. The molecule has 0 spiro atoms. The maximum Gasteiger partial charge on any atom is 0.343 e. The molecule has 0 saturated heterocycles. The summed E-state index contributed by atoms with van der Waals surface area (Å²) in [5.74, 6) is 0.154. The van der Waals surface area contributed by atoms with Crippen LogP contribution in [-0.4, -0.2) is 29.5 Å². The van der Waals surface area contributed by atoms with E-state index in [2.05, 4.69) is 9.84 Å². The Morgan fingerprint density at radius 1 is 1.35 bits per heavy atom. The second-order valence-electron chi connectivity index (χ2n) is 4.12. The number of esters is 1. The van der Waals surface area contributed by atoms with Crippen molar-refractivity contribution < 1.29 is 14.3 Å². The third-order valence-corrected chi connectivity index (χ3v) is 3.82. The summed E-state index contributed by atoms with van der Waals surface area (Å²) in [6.45, 7) is 1.79. The highest BCUT2D eigenvalue weighted by Crippen LogP contribution is 2.37. The maximum atomic E-state index is 11.2. The van der Waals surface area contributed by atoms with Crippen molar-refractivity contribution in [1.29, 1.82) is 0 Å². The Labute approximate surface area is 121 Å². The average Bonchev–Trinajstić information content (AvgIpc) is 2.72. The third kappa shape index (κ3) is 3.33.